The molecule has 0 aliphatic rings. The predicted octanol–water partition coefficient (Wildman–Crippen LogP) is 1.51. The molecule has 0 aliphatic carbocycles. The third-order valence-electron chi connectivity index (χ3n) is 2.41. The third-order valence-corrected chi connectivity index (χ3v) is 2.41. The van der Waals surface area contributed by atoms with Crippen LogP contribution >= 0.6 is 0 Å². The van der Waals surface area contributed by atoms with Crippen molar-refractivity contribution in [1.82, 2.24) is 15.0 Å². The van der Waals surface area contributed by atoms with E-state index in [9.17, 15) is 18.0 Å². The molecule has 106 valence electrons. The van der Waals surface area contributed by atoms with Gasteiger partial charge in [-0.1, -0.05) is 5.21 Å². The summed E-state index contributed by atoms with van der Waals surface area (Å²) in [4.78, 5) is 10.6. The number of rotatable bonds is 5. The second-order valence-corrected chi connectivity index (χ2v) is 3.84. The van der Waals surface area contributed by atoms with Crippen LogP contribution in [-0.4, -0.2) is 32.6 Å². The average molecular weight is 286 g/mol. The Morgan fingerprint density at radius 2 is 1.95 bits per heavy atom. The van der Waals surface area contributed by atoms with Crippen LogP contribution in [0.3, 0.4) is 0 Å². The molecule has 20 heavy (non-hydrogen) atoms. The van der Waals surface area contributed by atoms with E-state index < -0.39 is 29.1 Å². The van der Waals surface area contributed by atoms with Crippen LogP contribution in [0.4, 0.5) is 18.9 Å². The van der Waals surface area contributed by atoms with Gasteiger partial charge in [-0.2, -0.15) is 0 Å². The first-order valence-corrected chi connectivity index (χ1v) is 5.49. The lowest BCUT2D eigenvalue weighted by Crippen LogP contribution is -2.13. The molecule has 0 spiro atoms. The minimum absolute atomic E-state index is 0.0574. The van der Waals surface area contributed by atoms with Crippen molar-refractivity contribution in [3.8, 4) is 0 Å². The summed E-state index contributed by atoms with van der Waals surface area (Å²) in [6.45, 7) is 0.193. The minimum Gasteiger partial charge on any atom is -0.476 e. The average Bonchev–Trinajstić information content (AvgIpc) is 2.81. The van der Waals surface area contributed by atoms with E-state index in [4.69, 9.17) is 5.11 Å². The van der Waals surface area contributed by atoms with Gasteiger partial charge < -0.3 is 10.4 Å². The Morgan fingerprint density at radius 3 is 2.50 bits per heavy atom. The number of hydrogen-bond acceptors (Lipinski definition) is 4. The molecule has 0 amide bonds. The number of nitrogens with zero attached hydrogens (tertiary/aromatic N) is 3. The number of carbonyl (C=O) groups is 1. The van der Waals surface area contributed by atoms with Crippen LogP contribution in [0.1, 0.15) is 10.5 Å². The van der Waals surface area contributed by atoms with Crippen molar-refractivity contribution in [2.75, 3.05) is 11.9 Å². The monoisotopic (exact) mass is 286 g/mol. The van der Waals surface area contributed by atoms with Gasteiger partial charge in [-0.3, -0.25) is 0 Å². The summed E-state index contributed by atoms with van der Waals surface area (Å²) in [5.74, 6) is -4.33. The normalized spacial score (nSPS) is 10.6. The molecule has 0 radical (unpaired) electrons. The summed E-state index contributed by atoms with van der Waals surface area (Å²) in [6, 6.07) is 1.12. The van der Waals surface area contributed by atoms with Gasteiger partial charge in [-0.15, -0.1) is 5.10 Å². The molecule has 0 saturated heterocycles. The highest BCUT2D eigenvalue weighted by Gasteiger charge is 2.11. The Labute approximate surface area is 110 Å². The van der Waals surface area contributed by atoms with Gasteiger partial charge in [0.1, 0.15) is 11.5 Å². The van der Waals surface area contributed by atoms with Crippen LogP contribution in [0, 0.1) is 17.5 Å². The van der Waals surface area contributed by atoms with Crippen molar-refractivity contribution in [3.05, 3.63) is 41.5 Å². The molecule has 0 unspecified atom stereocenters. The van der Waals surface area contributed by atoms with Crippen LogP contribution in [0.15, 0.2) is 18.3 Å². The molecular formula is C11H9F3N4O2. The fraction of sp³-hybridized carbons (Fsp3) is 0.182. The Kier molecular flexibility index (Phi) is 3.87. The van der Waals surface area contributed by atoms with Gasteiger partial charge in [0.05, 0.1) is 12.7 Å². The van der Waals surface area contributed by atoms with Gasteiger partial charge in [-0.05, 0) is 0 Å². The molecule has 1 aromatic carbocycles. The first-order chi connectivity index (χ1) is 9.47. The van der Waals surface area contributed by atoms with Gasteiger partial charge >= 0.3 is 5.97 Å². The number of halogens is 3. The summed E-state index contributed by atoms with van der Waals surface area (Å²) in [5.41, 5.74) is -0.686. The fourth-order valence-corrected chi connectivity index (χ4v) is 1.51. The highest BCUT2D eigenvalue weighted by Crippen LogP contribution is 2.19. The third kappa shape index (κ3) is 3.05. The number of carboxylic acid groups (broad SMARTS) is 1. The summed E-state index contributed by atoms with van der Waals surface area (Å²) in [6.07, 6.45) is 1.18. The number of carboxylic acids is 1. The molecule has 0 fully saturated rings. The van der Waals surface area contributed by atoms with E-state index in [1.165, 1.54) is 10.9 Å². The SMILES string of the molecule is O=C(O)c1cn(CCNc2c(F)cc(F)cc2F)nn1. The highest BCUT2D eigenvalue weighted by molar-refractivity contribution is 5.84. The van der Waals surface area contributed by atoms with Crippen molar-refractivity contribution in [1.29, 1.82) is 0 Å². The van der Waals surface area contributed by atoms with Gasteiger partial charge in [0.2, 0.25) is 0 Å². The van der Waals surface area contributed by atoms with Crippen LogP contribution in [0.5, 0.6) is 0 Å². The molecular weight excluding hydrogens is 277 g/mol. The lowest BCUT2D eigenvalue weighted by atomic mass is 10.3. The zero-order valence-corrected chi connectivity index (χ0v) is 9.98. The van der Waals surface area contributed by atoms with Crippen LogP contribution in [0.25, 0.3) is 0 Å². The van der Waals surface area contributed by atoms with E-state index in [1.54, 1.807) is 0 Å². The Balaban J connectivity index is 1.97. The zero-order valence-electron chi connectivity index (χ0n) is 9.98. The molecule has 9 heteroatoms. The molecule has 0 saturated carbocycles. The summed E-state index contributed by atoms with van der Waals surface area (Å²) >= 11 is 0. The maximum atomic E-state index is 13.3. The summed E-state index contributed by atoms with van der Waals surface area (Å²) < 4.78 is 40.5. The number of anilines is 1. The fourth-order valence-electron chi connectivity index (χ4n) is 1.51. The Hall–Kier alpha value is -2.58. The molecule has 0 bridgehead atoms. The standard InChI is InChI=1S/C11H9F3N4O2/c12-6-3-7(13)10(8(14)4-6)15-1-2-18-5-9(11(19)20)16-17-18/h3-5,15H,1-2H2,(H,19,20). The second-order valence-electron chi connectivity index (χ2n) is 3.84. The van der Waals surface area contributed by atoms with Crippen molar-refractivity contribution < 1.29 is 23.1 Å². The predicted molar refractivity (Wildman–Crippen MR) is 61.8 cm³/mol. The summed E-state index contributed by atoms with van der Waals surface area (Å²) in [7, 11) is 0. The van der Waals surface area contributed by atoms with E-state index in [0.717, 1.165) is 0 Å². The largest absolute Gasteiger partial charge is 0.476 e. The second kappa shape index (κ2) is 5.59. The number of aromatic carboxylic acids is 1. The Morgan fingerprint density at radius 1 is 1.30 bits per heavy atom. The lowest BCUT2D eigenvalue weighted by molar-refractivity contribution is 0.0690. The first-order valence-electron chi connectivity index (χ1n) is 5.49. The van der Waals surface area contributed by atoms with E-state index in [2.05, 4.69) is 15.6 Å². The minimum atomic E-state index is -1.22. The molecule has 1 aromatic heterocycles. The van der Waals surface area contributed by atoms with E-state index >= 15 is 0 Å². The van der Waals surface area contributed by atoms with E-state index in [-0.39, 0.29) is 18.8 Å². The molecule has 0 atom stereocenters. The summed E-state index contributed by atoms with van der Waals surface area (Å²) in [5, 5.41) is 18.0. The van der Waals surface area contributed by atoms with Gasteiger partial charge in [0, 0.05) is 18.7 Å². The first kappa shape index (κ1) is 13.8. The van der Waals surface area contributed by atoms with Gasteiger partial charge in [0.15, 0.2) is 17.3 Å². The molecule has 2 rings (SSSR count). The molecule has 2 aromatic rings. The number of benzene rings is 1. The number of hydrogen-bond donors (Lipinski definition) is 2. The van der Waals surface area contributed by atoms with E-state index in [0.29, 0.717) is 12.1 Å². The van der Waals surface area contributed by atoms with Crippen molar-refractivity contribution >= 4 is 11.7 Å². The van der Waals surface area contributed by atoms with Crippen molar-refractivity contribution in [2.45, 2.75) is 6.54 Å². The number of nitrogens with one attached hydrogen (secondary N) is 1. The molecule has 6 nitrogen and oxygen atoms in total. The zero-order chi connectivity index (χ0) is 14.7. The maximum Gasteiger partial charge on any atom is 0.358 e. The molecule has 2 N–H and O–H groups in total. The van der Waals surface area contributed by atoms with Gasteiger partial charge in [-0.25, -0.2) is 22.6 Å². The smallest absolute Gasteiger partial charge is 0.358 e. The van der Waals surface area contributed by atoms with Crippen LogP contribution < -0.4 is 5.32 Å². The van der Waals surface area contributed by atoms with Crippen LogP contribution in [-0.2, 0) is 6.54 Å². The lowest BCUT2D eigenvalue weighted by Gasteiger charge is -2.08. The van der Waals surface area contributed by atoms with Crippen molar-refractivity contribution in [2.24, 2.45) is 0 Å². The maximum absolute atomic E-state index is 13.3. The van der Waals surface area contributed by atoms with Crippen LogP contribution in [0.2, 0.25) is 0 Å². The quantitative estimate of drug-likeness (QED) is 0.870. The van der Waals surface area contributed by atoms with Crippen molar-refractivity contribution in [3.63, 3.8) is 0 Å². The van der Waals surface area contributed by atoms with Gasteiger partial charge in [0.25, 0.3) is 0 Å². The topological polar surface area (TPSA) is 80.0 Å². The molecule has 1 heterocycles. The number of aromatic nitrogens is 3. The highest BCUT2D eigenvalue weighted by atomic mass is 19.1. The Bertz CT molecular complexity index is 621. The van der Waals surface area contributed by atoms with E-state index in [1.807, 2.05) is 0 Å². The molecule has 0 aliphatic heterocycles.